The second-order valence-electron chi connectivity index (χ2n) is 2.48. The largest absolute Gasteiger partial charge is 0.481 e. The van der Waals surface area contributed by atoms with Crippen LogP contribution in [0.3, 0.4) is 0 Å². The van der Waals surface area contributed by atoms with Crippen molar-refractivity contribution in [2.24, 2.45) is 5.92 Å². The Balaban J connectivity index is 2.49. The molecule has 52 valence electrons. The lowest BCUT2D eigenvalue weighted by Crippen LogP contribution is -2.27. The van der Waals surface area contributed by atoms with Crippen molar-refractivity contribution in [1.29, 1.82) is 0 Å². The third kappa shape index (κ3) is 1.21. The zero-order valence-electron chi connectivity index (χ0n) is 5.42. The molecule has 0 bridgehead atoms. The minimum atomic E-state index is -0.674. The summed E-state index contributed by atoms with van der Waals surface area (Å²) in [6.07, 6.45) is 0.774. The number of rotatable bonds is 1. The van der Waals surface area contributed by atoms with Gasteiger partial charge in [-0.3, -0.25) is 4.79 Å². The summed E-state index contributed by atoms with van der Waals surface area (Å²) in [6, 6.07) is 0.155. The first-order chi connectivity index (χ1) is 4.22. The second-order valence-corrected chi connectivity index (χ2v) is 2.48. The molecular formula is C6H11NO2. The number of carboxylic acids is 1. The quantitative estimate of drug-likeness (QED) is 0.526. The van der Waals surface area contributed by atoms with Crippen LogP contribution in [0.5, 0.6) is 0 Å². The molecule has 0 aromatic carbocycles. The molecule has 0 spiro atoms. The van der Waals surface area contributed by atoms with Crippen LogP contribution in [0.4, 0.5) is 0 Å². The minimum absolute atomic E-state index is 0.155. The number of carboxylic acid groups (broad SMARTS) is 1. The van der Waals surface area contributed by atoms with Crippen LogP contribution in [-0.2, 0) is 4.79 Å². The zero-order chi connectivity index (χ0) is 6.85. The Morgan fingerprint density at radius 3 is 2.67 bits per heavy atom. The van der Waals surface area contributed by atoms with Crippen LogP contribution >= 0.6 is 0 Å². The summed E-state index contributed by atoms with van der Waals surface area (Å²) < 4.78 is 0. The Bertz CT molecular complexity index is 124. The van der Waals surface area contributed by atoms with Crippen molar-refractivity contribution in [2.45, 2.75) is 19.4 Å². The molecule has 1 heterocycles. The van der Waals surface area contributed by atoms with Crippen molar-refractivity contribution in [3.05, 3.63) is 0 Å². The van der Waals surface area contributed by atoms with E-state index in [1.54, 1.807) is 0 Å². The van der Waals surface area contributed by atoms with E-state index in [1.807, 2.05) is 6.92 Å². The molecule has 3 heteroatoms. The predicted octanol–water partition coefficient (Wildman–Crippen LogP) is 0.0690. The summed E-state index contributed by atoms with van der Waals surface area (Å²) >= 11 is 0. The first-order valence-electron chi connectivity index (χ1n) is 3.18. The second kappa shape index (κ2) is 2.35. The first kappa shape index (κ1) is 6.55. The van der Waals surface area contributed by atoms with Crippen molar-refractivity contribution in [3.8, 4) is 0 Å². The summed E-state index contributed by atoms with van der Waals surface area (Å²) in [5.41, 5.74) is 0. The van der Waals surface area contributed by atoms with Crippen LogP contribution in [0.2, 0.25) is 0 Å². The lowest BCUT2D eigenvalue weighted by molar-refractivity contribution is -0.141. The van der Waals surface area contributed by atoms with Crippen molar-refractivity contribution in [1.82, 2.24) is 5.32 Å². The maximum absolute atomic E-state index is 10.4. The van der Waals surface area contributed by atoms with E-state index in [2.05, 4.69) is 5.32 Å². The highest BCUT2D eigenvalue weighted by molar-refractivity contribution is 5.71. The molecule has 2 N–H and O–H groups in total. The molecule has 0 saturated carbocycles. The van der Waals surface area contributed by atoms with Gasteiger partial charge in [-0.1, -0.05) is 0 Å². The number of hydrogen-bond donors (Lipinski definition) is 2. The zero-order valence-corrected chi connectivity index (χ0v) is 5.42. The van der Waals surface area contributed by atoms with Crippen molar-refractivity contribution < 1.29 is 9.90 Å². The summed E-state index contributed by atoms with van der Waals surface area (Å²) in [4.78, 5) is 10.4. The molecule has 0 radical (unpaired) electrons. The Morgan fingerprint density at radius 1 is 1.78 bits per heavy atom. The van der Waals surface area contributed by atoms with Gasteiger partial charge in [0.15, 0.2) is 0 Å². The van der Waals surface area contributed by atoms with Gasteiger partial charge in [-0.25, -0.2) is 0 Å². The Labute approximate surface area is 54.1 Å². The Kier molecular flexibility index (Phi) is 1.71. The van der Waals surface area contributed by atoms with Crippen LogP contribution in [0, 0.1) is 5.92 Å². The molecule has 2 atom stereocenters. The van der Waals surface area contributed by atoms with Crippen LogP contribution in [-0.4, -0.2) is 23.7 Å². The van der Waals surface area contributed by atoms with Crippen LogP contribution in [0.1, 0.15) is 13.3 Å². The molecular weight excluding hydrogens is 118 g/mol. The monoisotopic (exact) mass is 129 g/mol. The maximum Gasteiger partial charge on any atom is 0.308 e. The molecule has 0 aromatic rings. The SMILES string of the molecule is C[C@H]1NCC[C@@H]1C(=O)O. The molecule has 1 rings (SSSR count). The van der Waals surface area contributed by atoms with Crippen LogP contribution in [0.15, 0.2) is 0 Å². The number of aliphatic carboxylic acids is 1. The Morgan fingerprint density at radius 2 is 2.44 bits per heavy atom. The van der Waals surface area contributed by atoms with E-state index >= 15 is 0 Å². The van der Waals surface area contributed by atoms with Gasteiger partial charge in [0.05, 0.1) is 5.92 Å². The molecule has 0 amide bonds. The number of carbonyl (C=O) groups is 1. The summed E-state index contributed by atoms with van der Waals surface area (Å²) in [6.45, 7) is 2.75. The predicted molar refractivity (Wildman–Crippen MR) is 33.2 cm³/mol. The van der Waals surface area contributed by atoms with Gasteiger partial charge >= 0.3 is 5.97 Å². The van der Waals surface area contributed by atoms with Gasteiger partial charge in [-0.05, 0) is 19.9 Å². The summed E-state index contributed by atoms with van der Waals surface area (Å²) in [5, 5.41) is 11.6. The molecule has 1 aliphatic heterocycles. The smallest absolute Gasteiger partial charge is 0.308 e. The van der Waals surface area contributed by atoms with Crippen LogP contribution in [0.25, 0.3) is 0 Å². The molecule has 0 unspecified atom stereocenters. The Hall–Kier alpha value is -0.570. The molecule has 1 fully saturated rings. The van der Waals surface area contributed by atoms with E-state index in [0.717, 1.165) is 13.0 Å². The fraction of sp³-hybridized carbons (Fsp3) is 0.833. The van der Waals surface area contributed by atoms with Gasteiger partial charge in [0.25, 0.3) is 0 Å². The van der Waals surface area contributed by atoms with E-state index in [9.17, 15) is 4.79 Å². The van der Waals surface area contributed by atoms with E-state index in [-0.39, 0.29) is 12.0 Å². The van der Waals surface area contributed by atoms with E-state index < -0.39 is 5.97 Å². The highest BCUT2D eigenvalue weighted by atomic mass is 16.4. The summed E-state index contributed by atoms with van der Waals surface area (Å²) in [7, 11) is 0. The average molecular weight is 129 g/mol. The van der Waals surface area contributed by atoms with Crippen molar-refractivity contribution in [3.63, 3.8) is 0 Å². The fourth-order valence-electron chi connectivity index (χ4n) is 1.20. The van der Waals surface area contributed by atoms with Gasteiger partial charge in [-0.15, -0.1) is 0 Å². The summed E-state index contributed by atoms with van der Waals surface area (Å²) in [5.74, 6) is -0.836. The average Bonchev–Trinajstić information content (AvgIpc) is 2.13. The van der Waals surface area contributed by atoms with Gasteiger partial charge in [-0.2, -0.15) is 0 Å². The third-order valence-electron chi connectivity index (χ3n) is 1.84. The highest BCUT2D eigenvalue weighted by Gasteiger charge is 2.28. The van der Waals surface area contributed by atoms with E-state index in [0.29, 0.717) is 0 Å². The van der Waals surface area contributed by atoms with E-state index in [1.165, 1.54) is 0 Å². The van der Waals surface area contributed by atoms with Crippen LogP contribution < -0.4 is 5.32 Å². The molecule has 1 saturated heterocycles. The van der Waals surface area contributed by atoms with Gasteiger partial charge in [0, 0.05) is 6.04 Å². The lowest BCUT2D eigenvalue weighted by Gasteiger charge is -2.07. The maximum atomic E-state index is 10.4. The molecule has 3 nitrogen and oxygen atoms in total. The lowest BCUT2D eigenvalue weighted by atomic mass is 10.0. The van der Waals surface area contributed by atoms with Gasteiger partial charge < -0.3 is 10.4 Å². The molecule has 0 aromatic heterocycles. The van der Waals surface area contributed by atoms with Crippen molar-refractivity contribution in [2.75, 3.05) is 6.54 Å². The third-order valence-corrected chi connectivity index (χ3v) is 1.84. The number of hydrogen-bond acceptors (Lipinski definition) is 2. The van der Waals surface area contributed by atoms with Gasteiger partial charge in [0.1, 0.15) is 0 Å². The van der Waals surface area contributed by atoms with Gasteiger partial charge in [0.2, 0.25) is 0 Å². The first-order valence-corrected chi connectivity index (χ1v) is 3.18. The molecule has 9 heavy (non-hydrogen) atoms. The standard InChI is InChI=1S/C6H11NO2/c1-4-5(6(8)9)2-3-7-4/h4-5,7H,2-3H2,1H3,(H,8,9)/t4-,5+/m1/s1. The number of nitrogens with one attached hydrogen (secondary N) is 1. The molecule has 1 aliphatic rings. The highest BCUT2D eigenvalue weighted by Crippen LogP contribution is 2.14. The topological polar surface area (TPSA) is 49.3 Å². The van der Waals surface area contributed by atoms with Crippen molar-refractivity contribution >= 4 is 5.97 Å². The van der Waals surface area contributed by atoms with E-state index in [4.69, 9.17) is 5.11 Å². The normalized spacial score (nSPS) is 34.8. The molecule has 0 aliphatic carbocycles. The fourth-order valence-corrected chi connectivity index (χ4v) is 1.20. The minimum Gasteiger partial charge on any atom is -0.481 e.